The fraction of sp³-hybridized carbons (Fsp3) is 0.846. The second kappa shape index (κ2) is 6.31. The Bertz CT molecular complexity index is 519. The number of amides is 1. The maximum atomic E-state index is 12.2. The number of nitrogens with zero attached hydrogens (tertiary/aromatic N) is 1. The van der Waals surface area contributed by atoms with Crippen LogP contribution in [-0.2, 0) is 19.6 Å². The molecule has 2 rings (SSSR count). The molecule has 1 amide bonds. The molecule has 0 radical (unpaired) electrons. The van der Waals surface area contributed by atoms with E-state index in [1.807, 2.05) is 0 Å². The van der Waals surface area contributed by atoms with Crippen LogP contribution in [0.5, 0.6) is 0 Å². The van der Waals surface area contributed by atoms with Gasteiger partial charge in [-0.05, 0) is 32.1 Å². The molecule has 3 atom stereocenters. The zero-order chi connectivity index (χ0) is 15.6. The van der Waals surface area contributed by atoms with E-state index < -0.39 is 16.0 Å². The Kier molecular flexibility index (Phi) is 4.88. The second-order valence-corrected chi connectivity index (χ2v) is 8.00. The number of sulfonamides is 1. The van der Waals surface area contributed by atoms with Gasteiger partial charge >= 0.3 is 5.97 Å². The Morgan fingerprint density at radius 1 is 1.19 bits per heavy atom. The first kappa shape index (κ1) is 16.2. The molecule has 0 aromatic rings. The quantitative estimate of drug-likeness (QED) is 0.761. The van der Waals surface area contributed by atoms with Crippen molar-refractivity contribution >= 4 is 21.9 Å². The van der Waals surface area contributed by atoms with Crippen molar-refractivity contribution in [1.82, 2.24) is 9.62 Å². The van der Waals surface area contributed by atoms with Crippen molar-refractivity contribution in [3.8, 4) is 0 Å². The van der Waals surface area contributed by atoms with E-state index in [1.54, 1.807) is 0 Å². The highest BCUT2D eigenvalue weighted by Crippen LogP contribution is 2.26. The molecule has 21 heavy (non-hydrogen) atoms. The molecule has 1 unspecified atom stereocenters. The van der Waals surface area contributed by atoms with E-state index in [0.29, 0.717) is 38.6 Å². The van der Waals surface area contributed by atoms with Crippen molar-refractivity contribution in [2.75, 3.05) is 19.3 Å². The molecule has 2 aliphatic rings. The third-order valence-corrected chi connectivity index (χ3v) is 5.62. The summed E-state index contributed by atoms with van der Waals surface area (Å²) in [6.45, 7) is 0.687. The van der Waals surface area contributed by atoms with E-state index in [-0.39, 0.29) is 30.3 Å². The molecule has 0 aromatic carbocycles. The van der Waals surface area contributed by atoms with Crippen LogP contribution in [0.25, 0.3) is 0 Å². The fourth-order valence-electron chi connectivity index (χ4n) is 3.11. The van der Waals surface area contributed by atoms with Crippen molar-refractivity contribution < 1.29 is 23.1 Å². The summed E-state index contributed by atoms with van der Waals surface area (Å²) >= 11 is 0. The molecule has 2 N–H and O–H groups in total. The molecule has 0 aromatic heterocycles. The number of carbonyl (C=O) groups is 2. The minimum absolute atomic E-state index is 0.104. The summed E-state index contributed by atoms with van der Waals surface area (Å²) < 4.78 is 24.4. The number of hydrogen-bond donors (Lipinski definition) is 2. The minimum atomic E-state index is -3.26. The van der Waals surface area contributed by atoms with Crippen molar-refractivity contribution in [3.63, 3.8) is 0 Å². The predicted octanol–water partition coefficient (Wildman–Crippen LogP) is 0.0275. The average molecular weight is 318 g/mol. The zero-order valence-corrected chi connectivity index (χ0v) is 12.9. The lowest BCUT2D eigenvalue weighted by atomic mass is 9.98. The standard InChI is InChI=1S/C13H22N2O5S/c1-21(19,20)15-6-2-3-10(8-15)12(16)14-11-5-4-9(7-11)13(17)18/h9-11H,2-8H2,1H3,(H,14,16)(H,17,18)/t9-,10?,11+/m1/s1. The molecule has 120 valence electrons. The summed E-state index contributed by atoms with van der Waals surface area (Å²) in [5.41, 5.74) is 0. The van der Waals surface area contributed by atoms with E-state index in [0.717, 1.165) is 6.26 Å². The van der Waals surface area contributed by atoms with Gasteiger partial charge in [0, 0.05) is 19.1 Å². The molecule has 1 saturated heterocycles. The van der Waals surface area contributed by atoms with Crippen molar-refractivity contribution in [2.45, 2.75) is 38.1 Å². The Morgan fingerprint density at radius 2 is 1.90 bits per heavy atom. The number of aliphatic carboxylic acids is 1. The van der Waals surface area contributed by atoms with Gasteiger partial charge in [-0.2, -0.15) is 0 Å². The van der Waals surface area contributed by atoms with Crippen LogP contribution < -0.4 is 5.32 Å². The molecular formula is C13H22N2O5S. The minimum Gasteiger partial charge on any atom is -0.481 e. The van der Waals surface area contributed by atoms with Gasteiger partial charge in [-0.3, -0.25) is 9.59 Å². The van der Waals surface area contributed by atoms with Gasteiger partial charge in [-0.25, -0.2) is 12.7 Å². The summed E-state index contributed by atoms with van der Waals surface area (Å²) in [5.74, 6) is -1.68. The highest BCUT2D eigenvalue weighted by molar-refractivity contribution is 7.88. The van der Waals surface area contributed by atoms with Crippen molar-refractivity contribution in [1.29, 1.82) is 0 Å². The maximum absolute atomic E-state index is 12.2. The van der Waals surface area contributed by atoms with Gasteiger partial charge in [0.15, 0.2) is 0 Å². The lowest BCUT2D eigenvalue weighted by Crippen LogP contribution is -2.47. The summed E-state index contributed by atoms with van der Waals surface area (Å²) in [7, 11) is -3.26. The monoisotopic (exact) mass is 318 g/mol. The van der Waals surface area contributed by atoms with E-state index in [9.17, 15) is 18.0 Å². The lowest BCUT2D eigenvalue weighted by molar-refractivity contribution is -0.141. The van der Waals surface area contributed by atoms with Crippen LogP contribution in [-0.4, -0.2) is 55.1 Å². The normalized spacial score (nSPS) is 31.0. The third kappa shape index (κ3) is 4.16. The fourth-order valence-corrected chi connectivity index (χ4v) is 4.03. The van der Waals surface area contributed by atoms with E-state index in [2.05, 4.69) is 5.32 Å². The first-order valence-corrected chi connectivity index (χ1v) is 9.10. The Balaban J connectivity index is 1.88. The number of hydrogen-bond acceptors (Lipinski definition) is 4. The number of rotatable bonds is 4. The Labute approximate surface area is 124 Å². The van der Waals surface area contributed by atoms with Crippen molar-refractivity contribution in [2.24, 2.45) is 11.8 Å². The first-order chi connectivity index (χ1) is 9.77. The summed E-state index contributed by atoms with van der Waals surface area (Å²) in [6.07, 6.45) is 4.22. The van der Waals surface area contributed by atoms with E-state index >= 15 is 0 Å². The molecule has 0 bridgehead atoms. The van der Waals surface area contributed by atoms with Gasteiger partial charge in [0.1, 0.15) is 0 Å². The Hall–Kier alpha value is -1.15. The number of nitrogens with one attached hydrogen (secondary N) is 1. The predicted molar refractivity (Wildman–Crippen MR) is 76.0 cm³/mol. The van der Waals surface area contributed by atoms with Crippen LogP contribution in [0.15, 0.2) is 0 Å². The highest BCUT2D eigenvalue weighted by Gasteiger charge is 2.34. The van der Waals surface area contributed by atoms with E-state index in [4.69, 9.17) is 5.11 Å². The molecule has 1 saturated carbocycles. The topological polar surface area (TPSA) is 104 Å². The molecule has 1 heterocycles. The average Bonchev–Trinajstić information content (AvgIpc) is 2.86. The number of carboxylic acid groups (broad SMARTS) is 1. The van der Waals surface area contributed by atoms with Gasteiger partial charge in [-0.1, -0.05) is 0 Å². The molecule has 1 aliphatic heterocycles. The second-order valence-electron chi connectivity index (χ2n) is 6.01. The maximum Gasteiger partial charge on any atom is 0.306 e. The van der Waals surface area contributed by atoms with Gasteiger partial charge in [0.25, 0.3) is 0 Å². The lowest BCUT2D eigenvalue weighted by Gasteiger charge is -2.30. The van der Waals surface area contributed by atoms with Crippen LogP contribution in [0.3, 0.4) is 0 Å². The number of carboxylic acids is 1. The number of piperidine rings is 1. The number of carbonyl (C=O) groups excluding carboxylic acids is 1. The molecular weight excluding hydrogens is 296 g/mol. The third-order valence-electron chi connectivity index (χ3n) is 4.35. The van der Waals surface area contributed by atoms with Gasteiger partial charge < -0.3 is 10.4 Å². The summed E-state index contributed by atoms with van der Waals surface area (Å²) in [5, 5.41) is 11.8. The summed E-state index contributed by atoms with van der Waals surface area (Å²) in [6, 6.07) is -0.104. The van der Waals surface area contributed by atoms with Crippen LogP contribution >= 0.6 is 0 Å². The van der Waals surface area contributed by atoms with Crippen LogP contribution in [0.4, 0.5) is 0 Å². The van der Waals surface area contributed by atoms with E-state index in [1.165, 1.54) is 4.31 Å². The van der Waals surface area contributed by atoms with Crippen LogP contribution in [0.1, 0.15) is 32.1 Å². The SMILES string of the molecule is CS(=O)(=O)N1CCCC(C(=O)N[C@H]2CC[C@@H](C(=O)O)C2)C1. The molecule has 8 heteroatoms. The summed E-state index contributed by atoms with van der Waals surface area (Å²) in [4.78, 5) is 23.1. The van der Waals surface area contributed by atoms with Crippen LogP contribution in [0.2, 0.25) is 0 Å². The van der Waals surface area contributed by atoms with Gasteiger partial charge in [0.2, 0.25) is 15.9 Å². The molecule has 1 aliphatic carbocycles. The smallest absolute Gasteiger partial charge is 0.306 e. The highest BCUT2D eigenvalue weighted by atomic mass is 32.2. The Morgan fingerprint density at radius 3 is 2.48 bits per heavy atom. The van der Waals surface area contributed by atoms with Crippen molar-refractivity contribution in [3.05, 3.63) is 0 Å². The van der Waals surface area contributed by atoms with Gasteiger partial charge in [-0.15, -0.1) is 0 Å². The molecule has 2 fully saturated rings. The van der Waals surface area contributed by atoms with Gasteiger partial charge in [0.05, 0.1) is 18.1 Å². The molecule has 0 spiro atoms. The van der Waals surface area contributed by atoms with Crippen LogP contribution in [0, 0.1) is 11.8 Å². The molecule has 7 nitrogen and oxygen atoms in total. The zero-order valence-electron chi connectivity index (χ0n) is 12.1. The largest absolute Gasteiger partial charge is 0.481 e. The first-order valence-electron chi connectivity index (χ1n) is 7.25.